The minimum Gasteiger partial charge on any atom is -0.236 e. The van der Waals surface area contributed by atoms with Crippen LogP contribution in [0, 0.1) is 0 Å². The van der Waals surface area contributed by atoms with E-state index in [0.717, 1.165) is 12.0 Å². The Morgan fingerprint density at radius 1 is 1.71 bits per heavy atom. The first-order chi connectivity index (χ1) is 3.31. The van der Waals surface area contributed by atoms with Gasteiger partial charge in [-0.05, 0) is 12.8 Å². The molecule has 0 aromatic carbocycles. The molecule has 0 saturated heterocycles. The second-order valence-corrected chi connectivity index (χ2v) is 1.56. The van der Waals surface area contributed by atoms with Crippen molar-refractivity contribution in [1.29, 1.82) is 0 Å². The molecule has 0 N–H and O–H groups in total. The molecule has 0 amide bonds. The van der Waals surface area contributed by atoms with Crippen LogP contribution in [0.15, 0.2) is 12.2 Å². The predicted molar refractivity (Wildman–Crippen MR) is 29.6 cm³/mol. The van der Waals surface area contributed by atoms with E-state index in [1.165, 1.54) is 0 Å². The second-order valence-electron chi connectivity index (χ2n) is 1.56. The lowest BCUT2D eigenvalue weighted by molar-refractivity contribution is 0.196. The van der Waals surface area contributed by atoms with Crippen LogP contribution in [0.5, 0.6) is 0 Å². The molecule has 0 heterocycles. The maximum absolute atomic E-state index is 9.84. The molecule has 0 fully saturated rings. The molecular weight excluding hydrogens is 88.1 g/mol. The van der Waals surface area contributed by atoms with Crippen LogP contribution in [0.2, 0.25) is 0 Å². The maximum Gasteiger partial charge on any atom is 0.0859 e. The Hall–Kier alpha value is -0.300. The van der Waals surface area contributed by atoms with Gasteiger partial charge in [-0.1, -0.05) is 19.1 Å². The Labute approximate surface area is 44.7 Å². The first-order valence-corrected chi connectivity index (χ1v) is 2.56. The molecule has 0 bridgehead atoms. The van der Waals surface area contributed by atoms with Crippen molar-refractivity contribution in [3.63, 3.8) is 0 Å². The van der Waals surface area contributed by atoms with Crippen molar-refractivity contribution in [3.8, 4) is 0 Å². The molecule has 1 nitrogen and oxygen atoms in total. The quantitative estimate of drug-likeness (QED) is 0.480. The normalized spacial score (nSPS) is 8.86. The van der Waals surface area contributed by atoms with E-state index in [9.17, 15) is 5.11 Å². The van der Waals surface area contributed by atoms with Crippen molar-refractivity contribution in [2.24, 2.45) is 0 Å². The van der Waals surface area contributed by atoms with Gasteiger partial charge in [0.2, 0.25) is 0 Å². The molecule has 1 radical (unpaired) electrons. The van der Waals surface area contributed by atoms with Gasteiger partial charge in [-0.25, -0.2) is 5.11 Å². The van der Waals surface area contributed by atoms with E-state index in [4.69, 9.17) is 0 Å². The summed E-state index contributed by atoms with van der Waals surface area (Å²) in [5.41, 5.74) is 1.06. The van der Waals surface area contributed by atoms with Gasteiger partial charge in [0.1, 0.15) is 0 Å². The molecule has 7 heavy (non-hydrogen) atoms. The third-order valence-electron chi connectivity index (χ3n) is 0.956. The lowest BCUT2D eigenvalue weighted by Gasteiger charge is -1.92. The highest BCUT2D eigenvalue weighted by Gasteiger charge is 1.85. The monoisotopic (exact) mass is 99.1 g/mol. The molecular formula is C6H11O. The number of hydrogen-bond donors (Lipinski definition) is 0. The summed E-state index contributed by atoms with van der Waals surface area (Å²) in [5.74, 6) is 0. The molecule has 0 unspecified atom stereocenters. The fourth-order valence-corrected chi connectivity index (χ4v) is 0.321. The van der Waals surface area contributed by atoms with Crippen LogP contribution in [0.1, 0.15) is 19.8 Å². The number of rotatable bonds is 3. The zero-order valence-electron chi connectivity index (χ0n) is 4.74. The molecule has 41 valence electrons. The fourth-order valence-electron chi connectivity index (χ4n) is 0.321. The van der Waals surface area contributed by atoms with Crippen LogP contribution in [0.25, 0.3) is 0 Å². The summed E-state index contributed by atoms with van der Waals surface area (Å²) in [6, 6.07) is 0. The largest absolute Gasteiger partial charge is 0.236 e. The maximum atomic E-state index is 9.84. The summed E-state index contributed by atoms with van der Waals surface area (Å²) >= 11 is 0. The molecule has 0 aromatic heterocycles. The zero-order chi connectivity index (χ0) is 5.70. The molecule has 0 aliphatic rings. The predicted octanol–water partition coefficient (Wildman–Crippen LogP) is 1.77. The molecule has 0 aliphatic carbocycles. The highest BCUT2D eigenvalue weighted by Crippen LogP contribution is 1.99. The smallest absolute Gasteiger partial charge is 0.0859 e. The molecule has 0 saturated carbocycles. The van der Waals surface area contributed by atoms with Crippen molar-refractivity contribution in [1.82, 2.24) is 0 Å². The van der Waals surface area contributed by atoms with Gasteiger partial charge in [-0.3, -0.25) is 0 Å². The standard InChI is InChI=1S/C6H11O/c1-3-6(2)4-5-7/h2-5H2,1H3. The van der Waals surface area contributed by atoms with Gasteiger partial charge in [-0.2, -0.15) is 0 Å². The van der Waals surface area contributed by atoms with E-state index in [0.29, 0.717) is 6.42 Å². The SMILES string of the molecule is C=C(CC)CC[O]. The highest BCUT2D eigenvalue weighted by atomic mass is 16.2. The van der Waals surface area contributed by atoms with Crippen molar-refractivity contribution < 1.29 is 5.11 Å². The topological polar surface area (TPSA) is 19.9 Å². The van der Waals surface area contributed by atoms with Crippen LogP contribution in [-0.4, -0.2) is 6.61 Å². The summed E-state index contributed by atoms with van der Waals surface area (Å²) in [7, 11) is 0. The molecule has 0 spiro atoms. The zero-order valence-corrected chi connectivity index (χ0v) is 4.74. The van der Waals surface area contributed by atoms with E-state index < -0.39 is 0 Å². The van der Waals surface area contributed by atoms with E-state index in [2.05, 4.69) is 6.58 Å². The van der Waals surface area contributed by atoms with Crippen molar-refractivity contribution in [3.05, 3.63) is 12.2 Å². The Morgan fingerprint density at radius 2 is 2.29 bits per heavy atom. The Kier molecular flexibility index (Phi) is 3.71. The third-order valence-corrected chi connectivity index (χ3v) is 0.956. The lowest BCUT2D eigenvalue weighted by Crippen LogP contribution is -1.81. The lowest BCUT2D eigenvalue weighted by atomic mass is 10.2. The summed E-state index contributed by atoms with van der Waals surface area (Å²) < 4.78 is 0. The van der Waals surface area contributed by atoms with Gasteiger partial charge in [0.15, 0.2) is 0 Å². The first-order valence-electron chi connectivity index (χ1n) is 2.56. The Morgan fingerprint density at radius 3 is 2.43 bits per heavy atom. The first kappa shape index (κ1) is 6.70. The van der Waals surface area contributed by atoms with Crippen molar-refractivity contribution in [2.45, 2.75) is 19.8 Å². The van der Waals surface area contributed by atoms with Gasteiger partial charge in [-0.15, -0.1) is 0 Å². The molecule has 1 heteroatoms. The van der Waals surface area contributed by atoms with Gasteiger partial charge in [0.25, 0.3) is 0 Å². The van der Waals surface area contributed by atoms with E-state index in [1.54, 1.807) is 0 Å². The summed E-state index contributed by atoms with van der Waals surface area (Å²) in [4.78, 5) is 0. The molecule has 0 atom stereocenters. The van der Waals surface area contributed by atoms with Crippen LogP contribution >= 0.6 is 0 Å². The number of hydrogen-bond acceptors (Lipinski definition) is 0. The summed E-state index contributed by atoms with van der Waals surface area (Å²) in [6.45, 7) is 5.67. The van der Waals surface area contributed by atoms with Gasteiger partial charge < -0.3 is 0 Å². The molecule has 0 aromatic rings. The fraction of sp³-hybridized carbons (Fsp3) is 0.667. The second kappa shape index (κ2) is 3.88. The minimum atomic E-state index is -0.00727. The Balaban J connectivity index is 3.00. The Bertz CT molecular complexity index is 57.2. The van der Waals surface area contributed by atoms with Crippen LogP contribution < -0.4 is 0 Å². The minimum absolute atomic E-state index is 0.00727. The van der Waals surface area contributed by atoms with Crippen LogP contribution in [0.4, 0.5) is 0 Å². The van der Waals surface area contributed by atoms with Crippen molar-refractivity contribution >= 4 is 0 Å². The third kappa shape index (κ3) is 3.53. The average Bonchev–Trinajstić information content (AvgIpc) is 1.68. The average molecular weight is 99.2 g/mol. The van der Waals surface area contributed by atoms with Crippen LogP contribution in [0.3, 0.4) is 0 Å². The molecule has 0 rings (SSSR count). The summed E-state index contributed by atoms with van der Waals surface area (Å²) in [5, 5.41) is 9.84. The van der Waals surface area contributed by atoms with E-state index in [-0.39, 0.29) is 6.61 Å². The van der Waals surface area contributed by atoms with Gasteiger partial charge in [0, 0.05) is 0 Å². The highest BCUT2D eigenvalue weighted by molar-refractivity contribution is 4.91. The molecule has 0 aliphatic heterocycles. The summed E-state index contributed by atoms with van der Waals surface area (Å²) in [6.07, 6.45) is 1.60. The van der Waals surface area contributed by atoms with Gasteiger partial charge in [0.05, 0.1) is 6.61 Å². The van der Waals surface area contributed by atoms with E-state index in [1.807, 2.05) is 6.92 Å². The van der Waals surface area contributed by atoms with Crippen LogP contribution in [-0.2, 0) is 5.11 Å². The van der Waals surface area contributed by atoms with Gasteiger partial charge >= 0.3 is 0 Å². The van der Waals surface area contributed by atoms with E-state index >= 15 is 0 Å². The van der Waals surface area contributed by atoms with Crippen molar-refractivity contribution in [2.75, 3.05) is 6.61 Å².